The third-order valence-corrected chi connectivity index (χ3v) is 3.95. The second-order valence-electron chi connectivity index (χ2n) is 5.97. The summed E-state index contributed by atoms with van der Waals surface area (Å²) in [6.45, 7) is 2.97. The van der Waals surface area contributed by atoms with Crippen molar-refractivity contribution in [1.82, 2.24) is 14.9 Å². The molecule has 3 rings (SSSR count). The molecule has 3 aromatic rings. The molecule has 0 amide bonds. The molecule has 2 aromatic carbocycles. The fourth-order valence-corrected chi connectivity index (χ4v) is 2.78. The normalized spacial score (nSPS) is 11.0. The number of hydrogen-bond donors (Lipinski definition) is 1. The number of hydrogen-bond acceptors (Lipinski definition) is 5. The molecule has 26 heavy (non-hydrogen) atoms. The lowest BCUT2D eigenvalue weighted by Crippen LogP contribution is -2.33. The van der Waals surface area contributed by atoms with E-state index in [0.717, 1.165) is 11.1 Å². The topological polar surface area (TPSA) is 75.3 Å². The number of nitrogens with zero attached hydrogens (tertiary/aromatic N) is 2. The van der Waals surface area contributed by atoms with Crippen molar-refractivity contribution in [3.8, 4) is 0 Å². The summed E-state index contributed by atoms with van der Waals surface area (Å²) in [6, 6.07) is 17.2. The second kappa shape index (κ2) is 8.40. The van der Waals surface area contributed by atoms with Gasteiger partial charge in [0.25, 0.3) is 5.56 Å². The predicted molar refractivity (Wildman–Crippen MR) is 99.6 cm³/mol. The van der Waals surface area contributed by atoms with Gasteiger partial charge in [-0.1, -0.05) is 42.5 Å². The van der Waals surface area contributed by atoms with Crippen LogP contribution < -0.4 is 5.56 Å². The van der Waals surface area contributed by atoms with Crippen molar-refractivity contribution in [3.05, 3.63) is 76.2 Å². The highest BCUT2D eigenvalue weighted by atomic mass is 16.5. The first-order valence-corrected chi connectivity index (χ1v) is 8.55. The van der Waals surface area contributed by atoms with E-state index in [2.05, 4.69) is 9.97 Å². The minimum absolute atomic E-state index is 0.0939. The molecular formula is C20H21N3O3. The van der Waals surface area contributed by atoms with Crippen molar-refractivity contribution >= 4 is 17.0 Å². The fraction of sp³-hybridized carbons (Fsp3) is 0.250. The van der Waals surface area contributed by atoms with Crippen molar-refractivity contribution < 1.29 is 9.53 Å². The van der Waals surface area contributed by atoms with Crippen LogP contribution in [0, 0.1) is 0 Å². The molecule has 0 saturated carbocycles. The molecule has 134 valence electrons. The van der Waals surface area contributed by atoms with Gasteiger partial charge < -0.3 is 9.72 Å². The lowest BCUT2D eigenvalue weighted by molar-refractivity contribution is -0.144. The Hall–Kier alpha value is -2.99. The van der Waals surface area contributed by atoms with E-state index >= 15 is 0 Å². The Morgan fingerprint density at radius 3 is 2.58 bits per heavy atom. The molecule has 1 aromatic heterocycles. The van der Waals surface area contributed by atoms with Crippen LogP contribution in [-0.4, -0.2) is 34.0 Å². The maximum atomic E-state index is 12.4. The van der Waals surface area contributed by atoms with Gasteiger partial charge in [-0.25, -0.2) is 4.98 Å². The fourth-order valence-electron chi connectivity index (χ4n) is 2.78. The van der Waals surface area contributed by atoms with E-state index in [9.17, 15) is 9.59 Å². The van der Waals surface area contributed by atoms with Gasteiger partial charge in [0, 0.05) is 13.1 Å². The summed E-state index contributed by atoms with van der Waals surface area (Å²) in [7, 11) is 0. The Kier molecular flexibility index (Phi) is 5.76. The number of esters is 1. The van der Waals surface area contributed by atoms with Crippen LogP contribution in [0.15, 0.2) is 59.4 Å². The molecule has 6 heteroatoms. The summed E-state index contributed by atoms with van der Waals surface area (Å²) in [5, 5.41) is 0. The number of aromatic nitrogens is 2. The van der Waals surface area contributed by atoms with Gasteiger partial charge in [0.15, 0.2) is 0 Å². The monoisotopic (exact) mass is 351 g/mol. The van der Waals surface area contributed by atoms with Gasteiger partial charge in [0.05, 0.1) is 24.2 Å². The molecular weight excluding hydrogens is 330 g/mol. The minimum atomic E-state index is -0.319. The first kappa shape index (κ1) is 17.8. The van der Waals surface area contributed by atoms with Crippen LogP contribution in [-0.2, 0) is 22.6 Å². The Bertz CT molecular complexity index is 938. The average molecular weight is 351 g/mol. The first-order valence-electron chi connectivity index (χ1n) is 8.55. The van der Waals surface area contributed by atoms with E-state index in [-0.39, 0.29) is 24.6 Å². The summed E-state index contributed by atoms with van der Waals surface area (Å²) >= 11 is 0. The highest BCUT2D eigenvalue weighted by molar-refractivity contribution is 5.73. The van der Waals surface area contributed by atoms with Gasteiger partial charge in [-0.05, 0) is 24.6 Å². The van der Waals surface area contributed by atoms with Crippen LogP contribution in [0.3, 0.4) is 0 Å². The van der Waals surface area contributed by atoms with E-state index < -0.39 is 0 Å². The van der Waals surface area contributed by atoms with Gasteiger partial charge in [-0.15, -0.1) is 0 Å². The molecule has 6 nitrogen and oxygen atoms in total. The second-order valence-corrected chi connectivity index (χ2v) is 5.97. The lowest BCUT2D eigenvalue weighted by atomic mass is 10.2. The third kappa shape index (κ3) is 4.55. The molecule has 0 atom stereocenters. The molecule has 0 fully saturated rings. The maximum Gasteiger partial charge on any atom is 0.320 e. The molecule has 0 aliphatic rings. The predicted octanol–water partition coefficient (Wildman–Crippen LogP) is 2.49. The number of aromatic amines is 1. The third-order valence-electron chi connectivity index (χ3n) is 3.95. The zero-order chi connectivity index (χ0) is 18.4. The molecule has 0 bridgehead atoms. The summed E-state index contributed by atoms with van der Waals surface area (Å²) < 4.78 is 5.06. The van der Waals surface area contributed by atoms with E-state index in [1.54, 1.807) is 6.92 Å². The van der Waals surface area contributed by atoms with Crippen LogP contribution >= 0.6 is 0 Å². The molecule has 0 unspecified atom stereocenters. The highest BCUT2D eigenvalue weighted by Gasteiger charge is 2.16. The number of ether oxygens (including phenoxy) is 1. The van der Waals surface area contributed by atoms with E-state index in [4.69, 9.17) is 4.74 Å². The number of carbonyl (C=O) groups is 1. The summed E-state index contributed by atoms with van der Waals surface area (Å²) in [6.07, 6.45) is 0. The largest absolute Gasteiger partial charge is 0.465 e. The molecule has 0 aliphatic carbocycles. The SMILES string of the molecule is CCOC(=O)CN(Cc1ccccc1)Cc1nc2ccccc2[nH]c1=O. The van der Waals surface area contributed by atoms with Gasteiger partial charge in [0.2, 0.25) is 0 Å². The van der Waals surface area contributed by atoms with Crippen LogP contribution in [0.5, 0.6) is 0 Å². The van der Waals surface area contributed by atoms with Crippen LogP contribution in [0.25, 0.3) is 11.0 Å². The zero-order valence-corrected chi connectivity index (χ0v) is 14.6. The average Bonchev–Trinajstić information content (AvgIpc) is 2.63. The minimum Gasteiger partial charge on any atom is -0.465 e. The maximum absolute atomic E-state index is 12.4. The summed E-state index contributed by atoms with van der Waals surface area (Å²) in [4.78, 5) is 33.5. The molecule has 0 radical (unpaired) electrons. The molecule has 0 aliphatic heterocycles. The molecule has 0 spiro atoms. The first-order chi connectivity index (χ1) is 12.7. The van der Waals surface area contributed by atoms with Gasteiger partial charge in [-0.2, -0.15) is 0 Å². The standard InChI is InChI=1S/C20H21N3O3/c1-2-26-19(24)14-23(12-15-8-4-3-5-9-15)13-18-20(25)22-17-11-7-6-10-16(17)21-18/h3-11H,2,12-14H2,1H3,(H,22,25). The number of para-hydroxylation sites is 2. The summed E-state index contributed by atoms with van der Waals surface area (Å²) in [5.41, 5.74) is 2.60. The number of H-pyrrole nitrogens is 1. The number of fused-ring (bicyclic) bond motifs is 1. The number of nitrogens with one attached hydrogen (secondary N) is 1. The quantitative estimate of drug-likeness (QED) is 0.662. The Balaban J connectivity index is 1.85. The molecule has 1 N–H and O–H groups in total. The Morgan fingerprint density at radius 1 is 1.08 bits per heavy atom. The van der Waals surface area contributed by atoms with Gasteiger partial charge in [0.1, 0.15) is 5.69 Å². The van der Waals surface area contributed by atoms with Gasteiger partial charge in [-0.3, -0.25) is 14.5 Å². The summed E-state index contributed by atoms with van der Waals surface area (Å²) in [5.74, 6) is -0.319. The number of carbonyl (C=O) groups excluding carboxylic acids is 1. The smallest absolute Gasteiger partial charge is 0.320 e. The number of benzene rings is 2. The molecule has 0 saturated heterocycles. The van der Waals surface area contributed by atoms with Crippen LogP contribution in [0.1, 0.15) is 18.2 Å². The van der Waals surface area contributed by atoms with Crippen LogP contribution in [0.2, 0.25) is 0 Å². The van der Waals surface area contributed by atoms with Gasteiger partial charge >= 0.3 is 5.97 Å². The Labute approximate surface area is 151 Å². The highest BCUT2D eigenvalue weighted by Crippen LogP contribution is 2.10. The zero-order valence-electron chi connectivity index (χ0n) is 14.6. The van der Waals surface area contributed by atoms with Crippen molar-refractivity contribution in [2.24, 2.45) is 0 Å². The van der Waals surface area contributed by atoms with E-state index in [0.29, 0.717) is 24.4 Å². The number of rotatable bonds is 7. The Morgan fingerprint density at radius 2 is 1.81 bits per heavy atom. The van der Waals surface area contributed by atoms with Crippen LogP contribution in [0.4, 0.5) is 0 Å². The van der Waals surface area contributed by atoms with Crippen molar-refractivity contribution in [3.63, 3.8) is 0 Å². The van der Waals surface area contributed by atoms with Crippen molar-refractivity contribution in [1.29, 1.82) is 0 Å². The molecule has 1 heterocycles. The van der Waals surface area contributed by atoms with E-state index in [1.807, 2.05) is 59.5 Å². The van der Waals surface area contributed by atoms with Crippen molar-refractivity contribution in [2.75, 3.05) is 13.2 Å². The van der Waals surface area contributed by atoms with E-state index in [1.165, 1.54) is 0 Å². The van der Waals surface area contributed by atoms with Crippen molar-refractivity contribution in [2.45, 2.75) is 20.0 Å². The lowest BCUT2D eigenvalue weighted by Gasteiger charge is -2.20.